The predicted molar refractivity (Wildman–Crippen MR) is 106 cm³/mol. The Hall–Kier alpha value is -2.29. The summed E-state index contributed by atoms with van der Waals surface area (Å²) < 4.78 is 5.50. The number of thiocarbonyl (C=S) groups is 1. The van der Waals surface area contributed by atoms with Crippen molar-refractivity contribution in [3.05, 3.63) is 52.2 Å². The summed E-state index contributed by atoms with van der Waals surface area (Å²) in [7, 11) is 0. The molecule has 0 aliphatic carbocycles. The second kappa shape index (κ2) is 8.88. The van der Waals surface area contributed by atoms with E-state index in [2.05, 4.69) is 16.0 Å². The van der Waals surface area contributed by atoms with Crippen LogP contribution in [0.1, 0.15) is 32.9 Å². The molecule has 136 valence electrons. The van der Waals surface area contributed by atoms with Gasteiger partial charge in [-0.25, -0.2) is 0 Å². The maximum Gasteiger partial charge on any atom is 0.267 e. The number of carbonyl (C=O) groups is 2. The average molecular weight is 390 g/mol. The van der Waals surface area contributed by atoms with Crippen molar-refractivity contribution >= 4 is 46.2 Å². The Morgan fingerprint density at radius 1 is 1.23 bits per heavy atom. The van der Waals surface area contributed by atoms with Crippen LogP contribution in [0.4, 0.5) is 5.69 Å². The van der Waals surface area contributed by atoms with Crippen LogP contribution in [-0.4, -0.2) is 36.2 Å². The molecule has 3 rings (SSSR count). The highest BCUT2D eigenvalue weighted by atomic mass is 32.1. The number of nitrogens with one attached hydrogen (secondary N) is 3. The van der Waals surface area contributed by atoms with E-state index in [-0.39, 0.29) is 23.0 Å². The monoisotopic (exact) mass is 389 g/mol. The molecule has 1 aliphatic rings. The van der Waals surface area contributed by atoms with Crippen molar-refractivity contribution in [1.29, 1.82) is 0 Å². The van der Waals surface area contributed by atoms with Crippen molar-refractivity contribution in [1.82, 2.24) is 10.6 Å². The summed E-state index contributed by atoms with van der Waals surface area (Å²) in [5.41, 5.74) is 1.15. The maximum absolute atomic E-state index is 12.3. The molecule has 1 atom stereocenters. The lowest BCUT2D eigenvalue weighted by atomic mass is 10.1. The fourth-order valence-electron chi connectivity index (χ4n) is 2.59. The molecule has 1 saturated heterocycles. The van der Waals surface area contributed by atoms with Gasteiger partial charge in [0.2, 0.25) is 0 Å². The quantitative estimate of drug-likeness (QED) is 0.686. The van der Waals surface area contributed by atoms with Gasteiger partial charge in [0.15, 0.2) is 5.11 Å². The first-order valence-corrected chi connectivity index (χ1v) is 9.56. The van der Waals surface area contributed by atoms with Crippen molar-refractivity contribution in [3.63, 3.8) is 0 Å². The molecule has 3 N–H and O–H groups in total. The van der Waals surface area contributed by atoms with E-state index in [1.54, 1.807) is 36.4 Å². The molecule has 0 spiro atoms. The number of rotatable bonds is 5. The SMILES string of the molecule is O=C(NC[C@H]1CCCO1)c1cccc(NC(=S)NC(=O)c2cccs2)c1. The van der Waals surface area contributed by atoms with Gasteiger partial charge in [-0.05, 0) is 54.7 Å². The molecule has 6 nitrogen and oxygen atoms in total. The Balaban J connectivity index is 1.53. The van der Waals surface area contributed by atoms with Crippen molar-refractivity contribution in [2.24, 2.45) is 0 Å². The largest absolute Gasteiger partial charge is 0.376 e. The molecule has 0 radical (unpaired) electrons. The van der Waals surface area contributed by atoms with Crippen LogP contribution in [0.3, 0.4) is 0 Å². The zero-order valence-electron chi connectivity index (χ0n) is 14.0. The zero-order valence-corrected chi connectivity index (χ0v) is 15.6. The minimum Gasteiger partial charge on any atom is -0.376 e. The van der Waals surface area contributed by atoms with Crippen molar-refractivity contribution in [2.45, 2.75) is 18.9 Å². The first-order valence-electron chi connectivity index (χ1n) is 8.27. The number of anilines is 1. The first kappa shape index (κ1) is 18.5. The lowest BCUT2D eigenvalue weighted by Gasteiger charge is -2.12. The molecule has 0 unspecified atom stereocenters. The van der Waals surface area contributed by atoms with Crippen molar-refractivity contribution < 1.29 is 14.3 Å². The van der Waals surface area contributed by atoms with Gasteiger partial charge in [0, 0.05) is 24.4 Å². The highest BCUT2D eigenvalue weighted by molar-refractivity contribution is 7.80. The molecular formula is C18H19N3O3S2. The number of amides is 2. The number of hydrogen-bond donors (Lipinski definition) is 3. The minimum atomic E-state index is -0.261. The van der Waals surface area contributed by atoms with Crippen LogP contribution in [0.5, 0.6) is 0 Å². The summed E-state index contributed by atoms with van der Waals surface area (Å²) in [6.45, 7) is 1.26. The fraction of sp³-hybridized carbons (Fsp3) is 0.278. The number of hydrogen-bond acceptors (Lipinski definition) is 5. The average Bonchev–Trinajstić information content (AvgIpc) is 3.33. The van der Waals surface area contributed by atoms with E-state index in [1.807, 2.05) is 5.38 Å². The van der Waals surface area contributed by atoms with Crippen LogP contribution < -0.4 is 16.0 Å². The van der Waals surface area contributed by atoms with Crippen LogP contribution in [0.15, 0.2) is 41.8 Å². The van der Waals surface area contributed by atoms with Gasteiger partial charge < -0.3 is 15.4 Å². The summed E-state index contributed by atoms with van der Waals surface area (Å²) in [4.78, 5) is 24.8. The summed E-state index contributed by atoms with van der Waals surface area (Å²) in [5.74, 6) is -0.430. The Kier molecular flexibility index (Phi) is 6.32. The van der Waals surface area contributed by atoms with Gasteiger partial charge in [-0.2, -0.15) is 0 Å². The molecular weight excluding hydrogens is 370 g/mol. The Labute approximate surface area is 160 Å². The molecule has 1 aromatic heterocycles. The van der Waals surface area contributed by atoms with E-state index < -0.39 is 0 Å². The number of carbonyl (C=O) groups excluding carboxylic acids is 2. The summed E-state index contributed by atoms with van der Waals surface area (Å²) in [5, 5.41) is 10.4. The van der Waals surface area contributed by atoms with E-state index in [0.717, 1.165) is 19.4 Å². The van der Waals surface area contributed by atoms with Gasteiger partial charge in [0.05, 0.1) is 11.0 Å². The Bertz CT molecular complexity index is 787. The fourth-order valence-corrected chi connectivity index (χ4v) is 3.42. The van der Waals surface area contributed by atoms with Crippen LogP contribution in [0.25, 0.3) is 0 Å². The second-order valence-corrected chi connectivity index (χ2v) is 7.17. The van der Waals surface area contributed by atoms with Crippen molar-refractivity contribution in [3.8, 4) is 0 Å². The standard InChI is InChI=1S/C18H19N3O3S2/c22-16(19-11-14-6-2-8-24-14)12-4-1-5-13(10-12)20-18(25)21-17(23)15-7-3-9-26-15/h1,3-5,7,9-10,14H,2,6,8,11H2,(H,19,22)(H2,20,21,23,25)/t14-/m1/s1. The molecule has 2 aromatic rings. The van der Waals surface area contributed by atoms with Gasteiger partial charge in [-0.3, -0.25) is 14.9 Å². The lowest BCUT2D eigenvalue weighted by molar-refractivity contribution is 0.0857. The predicted octanol–water partition coefficient (Wildman–Crippen LogP) is 2.78. The van der Waals surface area contributed by atoms with E-state index in [4.69, 9.17) is 17.0 Å². The molecule has 8 heteroatoms. The van der Waals surface area contributed by atoms with Crippen LogP contribution >= 0.6 is 23.6 Å². The molecule has 2 heterocycles. The second-order valence-electron chi connectivity index (χ2n) is 5.81. The first-order chi connectivity index (χ1) is 12.6. The molecule has 26 heavy (non-hydrogen) atoms. The zero-order chi connectivity index (χ0) is 18.4. The van der Waals surface area contributed by atoms with E-state index in [9.17, 15) is 9.59 Å². The smallest absolute Gasteiger partial charge is 0.267 e. The molecule has 0 saturated carbocycles. The summed E-state index contributed by atoms with van der Waals surface area (Å²) >= 11 is 6.50. The van der Waals surface area contributed by atoms with Crippen LogP contribution in [0.2, 0.25) is 0 Å². The Morgan fingerprint density at radius 2 is 2.12 bits per heavy atom. The highest BCUT2D eigenvalue weighted by Crippen LogP contribution is 2.13. The molecule has 1 aliphatic heterocycles. The maximum atomic E-state index is 12.3. The third-order valence-electron chi connectivity index (χ3n) is 3.87. The van der Waals surface area contributed by atoms with Gasteiger partial charge >= 0.3 is 0 Å². The molecule has 0 bridgehead atoms. The van der Waals surface area contributed by atoms with Gasteiger partial charge in [-0.15, -0.1) is 11.3 Å². The third-order valence-corrected chi connectivity index (χ3v) is 4.94. The molecule has 1 aromatic carbocycles. The Morgan fingerprint density at radius 3 is 2.85 bits per heavy atom. The van der Waals surface area contributed by atoms with Gasteiger partial charge in [0.25, 0.3) is 11.8 Å². The summed E-state index contributed by atoms with van der Waals surface area (Å²) in [6, 6.07) is 10.5. The van der Waals surface area contributed by atoms with E-state index >= 15 is 0 Å². The minimum absolute atomic E-state index is 0.0975. The van der Waals surface area contributed by atoms with E-state index in [0.29, 0.717) is 22.7 Å². The van der Waals surface area contributed by atoms with Crippen LogP contribution in [-0.2, 0) is 4.74 Å². The summed E-state index contributed by atoms with van der Waals surface area (Å²) in [6.07, 6.45) is 2.11. The number of benzene rings is 1. The van der Waals surface area contributed by atoms with Gasteiger partial charge in [-0.1, -0.05) is 12.1 Å². The number of thiophene rings is 1. The topological polar surface area (TPSA) is 79.5 Å². The van der Waals surface area contributed by atoms with Crippen LogP contribution in [0, 0.1) is 0 Å². The molecule has 2 amide bonds. The number of ether oxygens (including phenoxy) is 1. The van der Waals surface area contributed by atoms with Crippen molar-refractivity contribution in [2.75, 3.05) is 18.5 Å². The highest BCUT2D eigenvalue weighted by Gasteiger charge is 2.17. The van der Waals surface area contributed by atoms with Gasteiger partial charge in [0.1, 0.15) is 0 Å². The molecule has 1 fully saturated rings. The third kappa shape index (κ3) is 5.10. The van der Waals surface area contributed by atoms with E-state index in [1.165, 1.54) is 11.3 Å². The normalized spacial score (nSPS) is 16.1. The lowest BCUT2D eigenvalue weighted by Crippen LogP contribution is -2.34.